The number of nitrogens with zero attached hydrogens (tertiary/aromatic N) is 1. The smallest absolute Gasteiger partial charge is 0.261 e. The van der Waals surface area contributed by atoms with Crippen molar-refractivity contribution in [1.82, 2.24) is 10.2 Å². The average molecular weight is 483 g/mol. The highest BCUT2D eigenvalue weighted by atomic mass is 35.5. The van der Waals surface area contributed by atoms with Gasteiger partial charge in [0.1, 0.15) is 17.5 Å². The topological polar surface area (TPSA) is 88.1 Å². The molecule has 0 saturated carbocycles. The Morgan fingerprint density at radius 3 is 2.32 bits per heavy atom. The SMILES string of the molecule is COc1ccc(CN(C(=O)COc2ccccc2Cl)C(C(=O)NCCO)c2ccccc2)cc1. The van der Waals surface area contributed by atoms with E-state index in [1.165, 1.54) is 4.90 Å². The third-order valence-electron chi connectivity index (χ3n) is 5.11. The molecule has 0 aromatic heterocycles. The van der Waals surface area contributed by atoms with Crippen LogP contribution in [0.2, 0.25) is 5.02 Å². The molecule has 0 aliphatic heterocycles. The van der Waals surface area contributed by atoms with Crippen LogP contribution in [0.4, 0.5) is 0 Å². The van der Waals surface area contributed by atoms with Gasteiger partial charge in [0.25, 0.3) is 5.91 Å². The fourth-order valence-electron chi connectivity index (χ4n) is 3.42. The fraction of sp³-hybridized carbons (Fsp3) is 0.231. The summed E-state index contributed by atoms with van der Waals surface area (Å²) >= 11 is 6.16. The van der Waals surface area contributed by atoms with Crippen molar-refractivity contribution in [3.05, 3.63) is 95.0 Å². The number of hydrogen-bond acceptors (Lipinski definition) is 5. The van der Waals surface area contributed by atoms with Gasteiger partial charge in [-0.15, -0.1) is 0 Å². The molecule has 0 heterocycles. The number of ether oxygens (including phenoxy) is 2. The second-order valence-corrected chi connectivity index (χ2v) is 7.82. The summed E-state index contributed by atoms with van der Waals surface area (Å²) in [5.74, 6) is 0.260. The van der Waals surface area contributed by atoms with Gasteiger partial charge < -0.3 is 24.8 Å². The summed E-state index contributed by atoms with van der Waals surface area (Å²) < 4.78 is 10.9. The van der Waals surface area contributed by atoms with Crippen LogP contribution in [0.5, 0.6) is 11.5 Å². The largest absolute Gasteiger partial charge is 0.497 e. The molecule has 0 spiro atoms. The molecule has 2 amide bonds. The Morgan fingerprint density at radius 1 is 1.00 bits per heavy atom. The number of halogens is 1. The van der Waals surface area contributed by atoms with Crippen LogP contribution >= 0.6 is 11.6 Å². The van der Waals surface area contributed by atoms with Crippen molar-refractivity contribution in [3.8, 4) is 11.5 Å². The number of rotatable bonds is 11. The molecular weight excluding hydrogens is 456 g/mol. The Balaban J connectivity index is 1.93. The molecule has 0 saturated heterocycles. The number of benzene rings is 3. The minimum Gasteiger partial charge on any atom is -0.497 e. The molecule has 1 atom stereocenters. The van der Waals surface area contributed by atoms with Crippen molar-refractivity contribution in [2.24, 2.45) is 0 Å². The highest BCUT2D eigenvalue weighted by Crippen LogP contribution is 2.26. The van der Waals surface area contributed by atoms with Crippen molar-refractivity contribution in [3.63, 3.8) is 0 Å². The van der Waals surface area contributed by atoms with E-state index in [4.69, 9.17) is 21.1 Å². The third kappa shape index (κ3) is 6.73. The molecule has 0 fully saturated rings. The van der Waals surface area contributed by atoms with Crippen LogP contribution in [0.15, 0.2) is 78.9 Å². The second kappa shape index (κ2) is 12.6. The zero-order chi connectivity index (χ0) is 24.3. The van der Waals surface area contributed by atoms with E-state index in [9.17, 15) is 14.7 Å². The lowest BCUT2D eigenvalue weighted by atomic mass is 10.0. The summed E-state index contributed by atoms with van der Waals surface area (Å²) in [5.41, 5.74) is 1.44. The van der Waals surface area contributed by atoms with Gasteiger partial charge in [0, 0.05) is 13.1 Å². The van der Waals surface area contributed by atoms with Gasteiger partial charge in [-0.3, -0.25) is 9.59 Å². The summed E-state index contributed by atoms with van der Waals surface area (Å²) in [7, 11) is 1.58. The van der Waals surface area contributed by atoms with Crippen LogP contribution < -0.4 is 14.8 Å². The molecule has 3 rings (SSSR count). The number of nitrogens with one attached hydrogen (secondary N) is 1. The lowest BCUT2D eigenvalue weighted by molar-refractivity contribution is -0.143. The Bertz CT molecular complexity index is 1080. The molecule has 0 bridgehead atoms. The molecule has 178 valence electrons. The van der Waals surface area contributed by atoms with Crippen LogP contribution in [0.1, 0.15) is 17.2 Å². The van der Waals surface area contributed by atoms with Gasteiger partial charge in [-0.05, 0) is 35.4 Å². The maximum absolute atomic E-state index is 13.5. The molecule has 8 heteroatoms. The number of carbonyl (C=O) groups excluding carboxylic acids is 2. The maximum atomic E-state index is 13.5. The lowest BCUT2D eigenvalue weighted by Crippen LogP contribution is -2.45. The van der Waals surface area contributed by atoms with E-state index in [0.29, 0.717) is 22.1 Å². The van der Waals surface area contributed by atoms with Gasteiger partial charge in [0.15, 0.2) is 6.61 Å². The average Bonchev–Trinajstić information content (AvgIpc) is 2.87. The number of carbonyl (C=O) groups is 2. The molecule has 2 N–H and O–H groups in total. The first-order valence-electron chi connectivity index (χ1n) is 10.8. The van der Waals surface area contributed by atoms with Gasteiger partial charge in [-0.2, -0.15) is 0 Å². The van der Waals surface area contributed by atoms with Crippen molar-refractivity contribution in [2.75, 3.05) is 26.9 Å². The number of methoxy groups -OCH3 is 1. The zero-order valence-electron chi connectivity index (χ0n) is 18.8. The molecule has 7 nitrogen and oxygen atoms in total. The minimum atomic E-state index is -0.933. The van der Waals surface area contributed by atoms with Crippen LogP contribution in [0, 0.1) is 0 Å². The molecular formula is C26H27ClN2O5. The molecule has 34 heavy (non-hydrogen) atoms. The van der Waals surface area contributed by atoms with Gasteiger partial charge in [-0.1, -0.05) is 66.2 Å². The van der Waals surface area contributed by atoms with Crippen molar-refractivity contribution in [1.29, 1.82) is 0 Å². The number of para-hydroxylation sites is 1. The standard InChI is InChI=1S/C26H27ClN2O5/c1-33-21-13-11-19(12-14-21)17-29(24(31)18-34-23-10-6-5-9-22(23)27)25(26(32)28-15-16-30)20-7-3-2-4-8-20/h2-14,25,30H,15-18H2,1H3,(H,28,32). The predicted molar refractivity (Wildman–Crippen MR) is 130 cm³/mol. The molecule has 0 aliphatic carbocycles. The molecule has 1 unspecified atom stereocenters. The molecule has 0 aliphatic rings. The van der Waals surface area contributed by atoms with E-state index in [0.717, 1.165) is 5.56 Å². The zero-order valence-corrected chi connectivity index (χ0v) is 19.6. The third-order valence-corrected chi connectivity index (χ3v) is 5.42. The minimum absolute atomic E-state index is 0.0723. The van der Waals surface area contributed by atoms with Gasteiger partial charge in [0.05, 0.1) is 18.7 Å². The maximum Gasteiger partial charge on any atom is 0.261 e. The Kier molecular flexibility index (Phi) is 9.31. The van der Waals surface area contributed by atoms with E-state index < -0.39 is 17.9 Å². The van der Waals surface area contributed by atoms with Crippen molar-refractivity contribution < 1.29 is 24.2 Å². The van der Waals surface area contributed by atoms with E-state index in [-0.39, 0.29) is 26.3 Å². The van der Waals surface area contributed by atoms with E-state index in [1.54, 1.807) is 67.8 Å². The van der Waals surface area contributed by atoms with Crippen LogP contribution in [-0.2, 0) is 16.1 Å². The van der Waals surface area contributed by atoms with E-state index in [2.05, 4.69) is 5.32 Å². The quantitative estimate of drug-likeness (QED) is 0.436. The first-order valence-corrected chi connectivity index (χ1v) is 11.1. The van der Waals surface area contributed by atoms with Gasteiger partial charge >= 0.3 is 0 Å². The first-order chi connectivity index (χ1) is 16.5. The van der Waals surface area contributed by atoms with E-state index >= 15 is 0 Å². The summed E-state index contributed by atoms with van der Waals surface area (Å²) in [4.78, 5) is 28.1. The van der Waals surface area contributed by atoms with Crippen LogP contribution in [0.25, 0.3) is 0 Å². The van der Waals surface area contributed by atoms with Crippen molar-refractivity contribution in [2.45, 2.75) is 12.6 Å². The highest BCUT2D eigenvalue weighted by molar-refractivity contribution is 6.32. The van der Waals surface area contributed by atoms with Crippen LogP contribution in [0.3, 0.4) is 0 Å². The summed E-state index contributed by atoms with van der Waals surface area (Å²) in [6, 6.07) is 22.2. The van der Waals surface area contributed by atoms with E-state index in [1.807, 2.05) is 18.2 Å². The normalized spacial score (nSPS) is 11.4. The molecule has 0 radical (unpaired) electrons. The first kappa shape index (κ1) is 25.1. The Hall–Kier alpha value is -3.55. The fourth-order valence-corrected chi connectivity index (χ4v) is 3.61. The highest BCUT2D eigenvalue weighted by Gasteiger charge is 2.31. The second-order valence-electron chi connectivity index (χ2n) is 7.42. The lowest BCUT2D eigenvalue weighted by Gasteiger charge is -2.31. The van der Waals surface area contributed by atoms with Crippen LogP contribution in [-0.4, -0.2) is 48.7 Å². The van der Waals surface area contributed by atoms with Crippen molar-refractivity contribution >= 4 is 23.4 Å². The summed E-state index contributed by atoms with van der Waals surface area (Å²) in [6.45, 7) is -0.296. The summed E-state index contributed by atoms with van der Waals surface area (Å²) in [5, 5.41) is 12.3. The molecule has 3 aromatic rings. The molecule has 3 aromatic carbocycles. The number of aliphatic hydroxyl groups excluding tert-OH is 1. The monoisotopic (exact) mass is 482 g/mol. The Morgan fingerprint density at radius 2 is 1.68 bits per heavy atom. The number of aliphatic hydroxyl groups is 1. The number of hydrogen-bond donors (Lipinski definition) is 2. The van der Waals surface area contributed by atoms with Gasteiger partial charge in [0.2, 0.25) is 5.91 Å². The summed E-state index contributed by atoms with van der Waals surface area (Å²) in [6.07, 6.45) is 0. The number of amides is 2. The predicted octanol–water partition coefficient (Wildman–Crippen LogP) is 3.61. The Labute approximate surface area is 203 Å². The van der Waals surface area contributed by atoms with Gasteiger partial charge in [-0.25, -0.2) is 0 Å².